The molecule has 0 aliphatic heterocycles. The van der Waals surface area contributed by atoms with Crippen molar-refractivity contribution in [2.75, 3.05) is 0 Å². The fourth-order valence-electron chi connectivity index (χ4n) is 2.13. The molecular formula is C16H13NO3. The highest BCUT2D eigenvalue weighted by Crippen LogP contribution is 2.19. The maximum Gasteiger partial charge on any atom is 0.356 e. The minimum absolute atomic E-state index is 0.127. The molecule has 3 aromatic rings. The number of fused-ring (bicyclic) bond motifs is 1. The first-order valence-electron chi connectivity index (χ1n) is 6.27. The summed E-state index contributed by atoms with van der Waals surface area (Å²) < 4.78 is 1.38. The molecule has 0 spiro atoms. The number of aromatic nitrogens is 1. The quantitative estimate of drug-likeness (QED) is 0.790. The number of carbonyl (C=O) groups is 1. The van der Waals surface area contributed by atoms with Crippen molar-refractivity contribution in [3.05, 3.63) is 71.9 Å². The van der Waals surface area contributed by atoms with Crippen molar-refractivity contribution < 1.29 is 14.7 Å². The lowest BCUT2D eigenvalue weighted by atomic mass is 10.2. The van der Waals surface area contributed by atoms with E-state index in [1.807, 2.05) is 54.6 Å². The van der Waals surface area contributed by atoms with Gasteiger partial charge in [0.15, 0.2) is 5.69 Å². The highest BCUT2D eigenvalue weighted by Gasteiger charge is 2.15. The van der Waals surface area contributed by atoms with E-state index >= 15 is 0 Å². The van der Waals surface area contributed by atoms with Crippen LogP contribution in [0, 0.1) is 0 Å². The van der Waals surface area contributed by atoms with Crippen molar-refractivity contribution in [3.8, 4) is 0 Å². The molecule has 0 atom stereocenters. The van der Waals surface area contributed by atoms with Crippen LogP contribution < -0.4 is 4.84 Å². The number of hydrogen-bond donors (Lipinski definition) is 1. The first kappa shape index (κ1) is 12.3. The number of benzene rings is 2. The molecule has 20 heavy (non-hydrogen) atoms. The Hall–Kier alpha value is -2.75. The third-order valence-corrected chi connectivity index (χ3v) is 3.09. The Labute approximate surface area is 115 Å². The molecule has 0 aliphatic carbocycles. The van der Waals surface area contributed by atoms with Gasteiger partial charge in [-0.05, 0) is 17.7 Å². The van der Waals surface area contributed by atoms with E-state index in [1.54, 1.807) is 6.07 Å². The molecule has 0 saturated carbocycles. The predicted octanol–water partition coefficient (Wildman–Crippen LogP) is 2.97. The number of rotatable bonds is 4. The topological polar surface area (TPSA) is 51.5 Å². The smallest absolute Gasteiger partial charge is 0.356 e. The largest absolute Gasteiger partial charge is 0.476 e. The van der Waals surface area contributed by atoms with Gasteiger partial charge in [-0.3, -0.25) is 0 Å². The molecule has 0 radical (unpaired) electrons. The zero-order valence-corrected chi connectivity index (χ0v) is 10.7. The highest BCUT2D eigenvalue weighted by molar-refractivity contribution is 5.94. The maximum absolute atomic E-state index is 11.3. The minimum Gasteiger partial charge on any atom is -0.476 e. The van der Waals surface area contributed by atoms with Gasteiger partial charge in [-0.25, -0.2) is 4.79 Å². The Morgan fingerprint density at radius 1 is 1.05 bits per heavy atom. The fourth-order valence-corrected chi connectivity index (χ4v) is 2.13. The summed E-state index contributed by atoms with van der Waals surface area (Å²) in [7, 11) is 0. The molecule has 0 unspecified atom stereocenters. The lowest BCUT2D eigenvalue weighted by molar-refractivity contribution is 0.0589. The number of carboxylic acids is 1. The van der Waals surface area contributed by atoms with Gasteiger partial charge in [-0.2, -0.15) is 4.73 Å². The third kappa shape index (κ3) is 2.23. The zero-order valence-electron chi connectivity index (χ0n) is 10.7. The van der Waals surface area contributed by atoms with E-state index < -0.39 is 5.97 Å². The lowest BCUT2D eigenvalue weighted by Gasteiger charge is -2.10. The molecule has 1 heterocycles. The summed E-state index contributed by atoms with van der Waals surface area (Å²) in [6.07, 6.45) is 0. The van der Waals surface area contributed by atoms with E-state index in [4.69, 9.17) is 4.84 Å². The van der Waals surface area contributed by atoms with Crippen molar-refractivity contribution in [1.29, 1.82) is 0 Å². The van der Waals surface area contributed by atoms with Crippen LogP contribution in [0.1, 0.15) is 16.1 Å². The second kappa shape index (κ2) is 5.09. The molecule has 0 saturated heterocycles. The molecule has 2 aromatic carbocycles. The van der Waals surface area contributed by atoms with E-state index in [-0.39, 0.29) is 5.69 Å². The van der Waals surface area contributed by atoms with Gasteiger partial charge in [-0.1, -0.05) is 48.5 Å². The predicted molar refractivity (Wildman–Crippen MR) is 75.6 cm³/mol. The number of aromatic carboxylic acids is 1. The van der Waals surface area contributed by atoms with Crippen LogP contribution in [0.25, 0.3) is 10.9 Å². The van der Waals surface area contributed by atoms with Gasteiger partial charge in [-0.15, -0.1) is 0 Å². The fraction of sp³-hybridized carbons (Fsp3) is 0.0625. The van der Waals surface area contributed by atoms with Crippen LogP contribution in [0.4, 0.5) is 0 Å². The lowest BCUT2D eigenvalue weighted by Crippen LogP contribution is -2.16. The van der Waals surface area contributed by atoms with Gasteiger partial charge >= 0.3 is 5.97 Å². The summed E-state index contributed by atoms with van der Waals surface area (Å²) >= 11 is 0. The molecule has 0 aliphatic rings. The number of nitrogens with zero attached hydrogens (tertiary/aromatic N) is 1. The van der Waals surface area contributed by atoms with E-state index in [9.17, 15) is 9.90 Å². The van der Waals surface area contributed by atoms with Crippen molar-refractivity contribution in [2.24, 2.45) is 0 Å². The maximum atomic E-state index is 11.3. The highest BCUT2D eigenvalue weighted by atomic mass is 16.7. The summed E-state index contributed by atoms with van der Waals surface area (Å²) in [6, 6.07) is 18.7. The van der Waals surface area contributed by atoms with E-state index in [0.717, 1.165) is 16.5 Å². The van der Waals surface area contributed by atoms with E-state index in [1.165, 1.54) is 4.73 Å². The minimum atomic E-state index is -1.01. The second-order valence-corrected chi connectivity index (χ2v) is 4.45. The summed E-state index contributed by atoms with van der Waals surface area (Å²) in [5, 5.41) is 10.1. The van der Waals surface area contributed by atoms with Crippen LogP contribution in [0.15, 0.2) is 60.7 Å². The van der Waals surface area contributed by atoms with Crippen LogP contribution in [0.2, 0.25) is 0 Å². The van der Waals surface area contributed by atoms with Crippen molar-refractivity contribution in [2.45, 2.75) is 6.61 Å². The van der Waals surface area contributed by atoms with Crippen molar-refractivity contribution in [1.82, 2.24) is 4.73 Å². The molecule has 0 bridgehead atoms. The summed E-state index contributed by atoms with van der Waals surface area (Å²) in [6.45, 7) is 0.319. The summed E-state index contributed by atoms with van der Waals surface area (Å²) in [4.78, 5) is 17.0. The number of para-hydroxylation sites is 1. The molecule has 0 fully saturated rings. The molecular weight excluding hydrogens is 254 g/mol. The van der Waals surface area contributed by atoms with Crippen LogP contribution in [-0.4, -0.2) is 15.8 Å². The van der Waals surface area contributed by atoms with Crippen LogP contribution in [0.5, 0.6) is 0 Å². The zero-order chi connectivity index (χ0) is 13.9. The monoisotopic (exact) mass is 267 g/mol. The molecule has 4 heteroatoms. The summed E-state index contributed by atoms with van der Waals surface area (Å²) in [5.74, 6) is -1.01. The number of carboxylic acid groups (broad SMARTS) is 1. The van der Waals surface area contributed by atoms with Crippen LogP contribution >= 0.6 is 0 Å². The average molecular weight is 267 g/mol. The van der Waals surface area contributed by atoms with Gasteiger partial charge < -0.3 is 9.94 Å². The Balaban J connectivity index is 1.97. The van der Waals surface area contributed by atoms with Gasteiger partial charge in [0, 0.05) is 5.39 Å². The molecule has 1 aromatic heterocycles. The van der Waals surface area contributed by atoms with Gasteiger partial charge in [0.2, 0.25) is 0 Å². The first-order valence-corrected chi connectivity index (χ1v) is 6.27. The Bertz CT molecular complexity index is 747. The second-order valence-electron chi connectivity index (χ2n) is 4.45. The van der Waals surface area contributed by atoms with Crippen molar-refractivity contribution >= 4 is 16.9 Å². The Kier molecular flexibility index (Phi) is 3.13. The average Bonchev–Trinajstić information content (AvgIpc) is 2.85. The molecule has 100 valence electrons. The number of hydrogen-bond acceptors (Lipinski definition) is 2. The SMILES string of the molecule is O=C(O)c1cc2ccccc2n1OCc1ccccc1. The molecule has 1 N–H and O–H groups in total. The molecule has 4 nitrogen and oxygen atoms in total. The molecule has 3 rings (SSSR count). The first-order chi connectivity index (χ1) is 9.75. The Morgan fingerprint density at radius 2 is 1.75 bits per heavy atom. The molecule has 0 amide bonds. The summed E-state index contributed by atoms with van der Waals surface area (Å²) in [5.41, 5.74) is 1.87. The Morgan fingerprint density at radius 3 is 2.50 bits per heavy atom. The van der Waals surface area contributed by atoms with Gasteiger partial charge in [0.05, 0.1) is 5.52 Å². The van der Waals surface area contributed by atoms with Crippen LogP contribution in [0.3, 0.4) is 0 Å². The van der Waals surface area contributed by atoms with E-state index in [2.05, 4.69) is 0 Å². The van der Waals surface area contributed by atoms with Crippen LogP contribution in [-0.2, 0) is 6.61 Å². The van der Waals surface area contributed by atoms with Gasteiger partial charge in [0.25, 0.3) is 0 Å². The van der Waals surface area contributed by atoms with Crippen molar-refractivity contribution in [3.63, 3.8) is 0 Å². The van der Waals surface area contributed by atoms with Gasteiger partial charge in [0.1, 0.15) is 6.61 Å². The van der Waals surface area contributed by atoms with E-state index in [0.29, 0.717) is 6.61 Å². The standard InChI is InChI=1S/C16H13NO3/c18-16(19)15-10-13-8-4-5-9-14(13)17(15)20-11-12-6-2-1-3-7-12/h1-10H,11H2,(H,18,19). The normalized spacial score (nSPS) is 10.6. The third-order valence-electron chi connectivity index (χ3n) is 3.09.